The molecule has 2 N–H and O–H groups in total. The Morgan fingerprint density at radius 1 is 1.47 bits per heavy atom. The van der Waals surface area contributed by atoms with Gasteiger partial charge in [0.2, 0.25) is 5.91 Å². The lowest BCUT2D eigenvalue weighted by Crippen LogP contribution is -2.45. The molecule has 1 rings (SSSR count). The van der Waals surface area contributed by atoms with E-state index in [-0.39, 0.29) is 12.5 Å². The van der Waals surface area contributed by atoms with Crippen molar-refractivity contribution in [3.8, 4) is 0 Å². The van der Waals surface area contributed by atoms with Crippen molar-refractivity contribution in [3.05, 3.63) is 30.1 Å². The molecule has 0 saturated carbocycles. The Balaban J connectivity index is 2.47. The van der Waals surface area contributed by atoms with Crippen LogP contribution in [0.25, 0.3) is 0 Å². The van der Waals surface area contributed by atoms with Gasteiger partial charge in [0.1, 0.15) is 12.6 Å². The maximum absolute atomic E-state index is 11.5. The van der Waals surface area contributed by atoms with Gasteiger partial charge in [-0.05, 0) is 18.1 Å². The summed E-state index contributed by atoms with van der Waals surface area (Å²) in [5.74, 6) is -1.65. The number of carboxylic acids is 1. The van der Waals surface area contributed by atoms with Crippen LogP contribution in [0.2, 0.25) is 0 Å². The Bertz CT molecular complexity index is 457. The minimum absolute atomic E-state index is 0.118. The van der Waals surface area contributed by atoms with Gasteiger partial charge in [0, 0.05) is 12.4 Å². The van der Waals surface area contributed by atoms with Crippen molar-refractivity contribution in [3.63, 3.8) is 0 Å². The van der Waals surface area contributed by atoms with Gasteiger partial charge in [-0.25, -0.2) is 4.79 Å². The smallest absolute Gasteiger partial charge is 0.326 e. The van der Waals surface area contributed by atoms with E-state index >= 15 is 0 Å². The number of amides is 1. The summed E-state index contributed by atoms with van der Waals surface area (Å²) in [5, 5.41) is 11.4. The quantitative estimate of drug-likeness (QED) is 0.740. The lowest BCUT2D eigenvalue weighted by atomic mass is 10.1. The lowest BCUT2D eigenvalue weighted by molar-refractivity contribution is -0.142. The molecule has 6 nitrogen and oxygen atoms in total. The largest absolute Gasteiger partial charge is 0.480 e. The topological polar surface area (TPSA) is 91.7 Å². The van der Waals surface area contributed by atoms with Crippen LogP contribution in [0.4, 0.5) is 0 Å². The van der Waals surface area contributed by atoms with Crippen LogP contribution in [0.3, 0.4) is 0 Å². The molecule has 1 amide bonds. The summed E-state index contributed by atoms with van der Waals surface area (Å²) in [4.78, 5) is 30.4. The molecule has 0 unspecified atom stereocenters. The third-order valence-corrected chi connectivity index (χ3v) is 2.40. The normalized spacial score (nSPS) is 12.6. The van der Waals surface area contributed by atoms with E-state index in [4.69, 9.17) is 5.11 Å². The van der Waals surface area contributed by atoms with Crippen molar-refractivity contribution >= 4 is 18.1 Å². The van der Waals surface area contributed by atoms with E-state index in [0.717, 1.165) is 0 Å². The molecule has 1 aromatic heterocycles. The maximum atomic E-state index is 11.5. The van der Waals surface area contributed by atoms with Gasteiger partial charge >= 0.3 is 5.97 Å². The molecule has 0 saturated heterocycles. The zero-order valence-corrected chi connectivity index (χ0v) is 10.9. The first-order chi connectivity index (χ1) is 9.00. The van der Waals surface area contributed by atoms with Gasteiger partial charge in [0.25, 0.3) is 0 Å². The monoisotopic (exact) mass is 263 g/mol. The van der Waals surface area contributed by atoms with E-state index < -0.39 is 17.9 Å². The molecule has 0 aliphatic rings. The van der Waals surface area contributed by atoms with Crippen molar-refractivity contribution in [2.24, 2.45) is 10.9 Å². The molecule has 1 atom stereocenters. The highest BCUT2D eigenvalue weighted by Crippen LogP contribution is 2.01. The molecule has 0 aliphatic heterocycles. The minimum atomic E-state index is -1.04. The molecular weight excluding hydrogens is 246 g/mol. The van der Waals surface area contributed by atoms with Gasteiger partial charge in [-0.2, -0.15) is 0 Å². The number of nitrogens with one attached hydrogen (secondary N) is 1. The molecule has 0 bridgehead atoms. The van der Waals surface area contributed by atoms with Crippen molar-refractivity contribution in [2.75, 3.05) is 6.54 Å². The zero-order chi connectivity index (χ0) is 14.3. The Morgan fingerprint density at radius 2 is 2.21 bits per heavy atom. The van der Waals surface area contributed by atoms with Crippen LogP contribution in [-0.2, 0) is 9.59 Å². The number of aliphatic imine (C=N–C) groups is 1. The van der Waals surface area contributed by atoms with Gasteiger partial charge in [-0.15, -0.1) is 0 Å². The van der Waals surface area contributed by atoms with Gasteiger partial charge in [-0.3, -0.25) is 14.8 Å². The Hall–Kier alpha value is -2.24. The zero-order valence-electron chi connectivity index (χ0n) is 10.9. The summed E-state index contributed by atoms with van der Waals surface area (Å²) in [7, 11) is 0. The third-order valence-electron chi connectivity index (χ3n) is 2.40. The van der Waals surface area contributed by atoms with Crippen molar-refractivity contribution in [1.82, 2.24) is 10.3 Å². The fourth-order valence-electron chi connectivity index (χ4n) is 1.41. The number of pyridine rings is 1. The van der Waals surface area contributed by atoms with Crippen molar-refractivity contribution in [1.29, 1.82) is 0 Å². The Morgan fingerprint density at radius 3 is 2.74 bits per heavy atom. The Kier molecular flexibility index (Phi) is 5.66. The number of carbonyl (C=O) groups excluding carboxylic acids is 1. The second kappa shape index (κ2) is 7.25. The molecule has 0 radical (unpaired) electrons. The summed E-state index contributed by atoms with van der Waals surface area (Å²) in [6.45, 7) is 3.35. The van der Waals surface area contributed by atoms with E-state index in [9.17, 15) is 9.59 Å². The fraction of sp³-hybridized carbons (Fsp3) is 0.385. The average molecular weight is 263 g/mol. The third kappa shape index (κ3) is 5.29. The number of rotatable bonds is 6. The maximum Gasteiger partial charge on any atom is 0.326 e. The average Bonchev–Trinajstić information content (AvgIpc) is 2.36. The number of hydrogen-bond acceptors (Lipinski definition) is 4. The lowest BCUT2D eigenvalue weighted by Gasteiger charge is -2.17. The molecule has 0 aromatic carbocycles. The van der Waals surface area contributed by atoms with E-state index in [1.54, 1.807) is 32.2 Å². The highest BCUT2D eigenvalue weighted by Gasteiger charge is 2.22. The van der Waals surface area contributed by atoms with E-state index in [1.165, 1.54) is 6.21 Å². The number of aromatic nitrogens is 1. The number of nitrogens with zero attached hydrogens (tertiary/aromatic N) is 2. The molecule has 0 aliphatic carbocycles. The first kappa shape index (κ1) is 14.8. The molecular formula is C13H17N3O3. The first-order valence-electron chi connectivity index (χ1n) is 5.93. The first-order valence-corrected chi connectivity index (χ1v) is 5.93. The van der Waals surface area contributed by atoms with Gasteiger partial charge < -0.3 is 10.4 Å². The summed E-state index contributed by atoms with van der Waals surface area (Å²) < 4.78 is 0. The van der Waals surface area contributed by atoms with E-state index in [1.807, 2.05) is 6.07 Å². The van der Waals surface area contributed by atoms with E-state index in [0.29, 0.717) is 5.69 Å². The standard InChI is InChI=1S/C13H17N3O3/c1-9(2)12(13(18)19)16-11(17)8-14-7-10-5-3-4-6-15-10/h3-7,9,12H,8H2,1-2H3,(H,16,17)(H,18,19)/t12-/m0/s1. The fourth-order valence-corrected chi connectivity index (χ4v) is 1.41. The number of carbonyl (C=O) groups is 2. The van der Waals surface area contributed by atoms with Crippen LogP contribution < -0.4 is 5.32 Å². The molecule has 6 heteroatoms. The van der Waals surface area contributed by atoms with E-state index in [2.05, 4.69) is 15.3 Å². The summed E-state index contributed by atoms with van der Waals surface area (Å²) in [6, 6.07) is 4.46. The van der Waals surface area contributed by atoms with Crippen molar-refractivity contribution < 1.29 is 14.7 Å². The number of hydrogen-bond donors (Lipinski definition) is 2. The van der Waals surface area contributed by atoms with Crippen LogP contribution in [0.15, 0.2) is 29.4 Å². The second-order valence-corrected chi connectivity index (χ2v) is 4.35. The van der Waals surface area contributed by atoms with Crippen LogP contribution in [0.5, 0.6) is 0 Å². The number of aliphatic carboxylic acids is 1. The van der Waals surface area contributed by atoms with Crippen molar-refractivity contribution in [2.45, 2.75) is 19.9 Å². The highest BCUT2D eigenvalue weighted by atomic mass is 16.4. The summed E-state index contributed by atoms with van der Waals surface area (Å²) >= 11 is 0. The summed E-state index contributed by atoms with van der Waals surface area (Å²) in [5.41, 5.74) is 0.647. The SMILES string of the molecule is CC(C)[C@H](NC(=O)CN=Cc1ccccn1)C(=O)O. The minimum Gasteiger partial charge on any atom is -0.480 e. The highest BCUT2D eigenvalue weighted by molar-refractivity contribution is 5.86. The van der Waals surface area contributed by atoms with Crippen LogP contribution in [0, 0.1) is 5.92 Å². The Labute approximate surface area is 111 Å². The predicted octanol–water partition coefficient (Wildman–Crippen LogP) is 0.726. The molecule has 19 heavy (non-hydrogen) atoms. The molecule has 102 valence electrons. The van der Waals surface area contributed by atoms with Gasteiger partial charge in [-0.1, -0.05) is 19.9 Å². The second-order valence-electron chi connectivity index (χ2n) is 4.35. The molecule has 0 spiro atoms. The molecule has 1 aromatic rings. The summed E-state index contributed by atoms with van der Waals surface area (Å²) in [6.07, 6.45) is 3.10. The molecule has 0 fully saturated rings. The van der Waals surface area contributed by atoms with Gasteiger partial charge in [0.15, 0.2) is 0 Å². The van der Waals surface area contributed by atoms with Crippen LogP contribution in [0.1, 0.15) is 19.5 Å². The number of carboxylic acid groups (broad SMARTS) is 1. The van der Waals surface area contributed by atoms with Crippen LogP contribution >= 0.6 is 0 Å². The predicted molar refractivity (Wildman–Crippen MR) is 71.1 cm³/mol. The molecule has 1 heterocycles. The van der Waals surface area contributed by atoms with Crippen LogP contribution in [-0.4, -0.2) is 40.8 Å². The van der Waals surface area contributed by atoms with Gasteiger partial charge in [0.05, 0.1) is 5.69 Å².